The van der Waals surface area contributed by atoms with Gasteiger partial charge in [-0.15, -0.1) is 11.3 Å². The summed E-state index contributed by atoms with van der Waals surface area (Å²) >= 11 is 1.33. The number of carbonyl (C=O) groups is 1. The number of methoxy groups -OCH3 is 1. The Morgan fingerprint density at radius 2 is 1.86 bits per heavy atom. The van der Waals surface area contributed by atoms with Crippen LogP contribution in [0, 0.1) is 0 Å². The largest absolute Gasteiger partial charge is 0.481 e. The first-order chi connectivity index (χ1) is 13.7. The number of aromatic nitrogens is 4. The van der Waals surface area contributed by atoms with Crippen LogP contribution in [-0.4, -0.2) is 33.0 Å². The molecule has 0 saturated carbocycles. The Labute approximate surface area is 165 Å². The minimum absolute atomic E-state index is 0.278. The topological polar surface area (TPSA) is 89.9 Å². The number of nitrogens with zero attached hydrogens (tertiary/aromatic N) is 4. The predicted molar refractivity (Wildman–Crippen MR) is 107 cm³/mol. The second-order valence-corrected chi connectivity index (χ2v) is 6.55. The van der Waals surface area contributed by atoms with Gasteiger partial charge in [0.1, 0.15) is 5.69 Å². The molecule has 7 nitrogen and oxygen atoms in total. The van der Waals surface area contributed by atoms with Crippen LogP contribution < -0.4 is 10.1 Å². The van der Waals surface area contributed by atoms with Crippen molar-refractivity contribution in [1.29, 1.82) is 0 Å². The van der Waals surface area contributed by atoms with Crippen LogP contribution in [-0.2, 0) is 0 Å². The fraction of sp³-hybridized carbons (Fsp3) is 0.0500. The Morgan fingerprint density at radius 1 is 1.00 bits per heavy atom. The molecule has 4 aromatic heterocycles. The van der Waals surface area contributed by atoms with Crippen LogP contribution in [0.15, 0.2) is 66.4 Å². The monoisotopic (exact) mass is 389 g/mol. The zero-order valence-corrected chi connectivity index (χ0v) is 15.7. The van der Waals surface area contributed by atoms with Crippen LogP contribution in [0.25, 0.3) is 22.6 Å². The van der Waals surface area contributed by atoms with E-state index in [1.54, 1.807) is 43.9 Å². The number of thiazole rings is 1. The molecule has 0 radical (unpaired) electrons. The smallest absolute Gasteiger partial charge is 0.259 e. The number of amides is 1. The van der Waals surface area contributed by atoms with Crippen LogP contribution in [0.5, 0.6) is 5.88 Å². The molecule has 0 aliphatic heterocycles. The van der Waals surface area contributed by atoms with Crippen LogP contribution in [0.1, 0.15) is 10.4 Å². The maximum absolute atomic E-state index is 12.8. The highest BCUT2D eigenvalue weighted by atomic mass is 32.1. The average molecular weight is 389 g/mol. The molecule has 1 N–H and O–H groups in total. The first-order valence-corrected chi connectivity index (χ1v) is 9.26. The predicted octanol–water partition coefficient (Wildman–Crippen LogP) is 3.92. The summed E-state index contributed by atoms with van der Waals surface area (Å²) in [6, 6.07) is 12.5. The summed E-state index contributed by atoms with van der Waals surface area (Å²) in [7, 11) is 1.56. The third-order valence-electron chi connectivity index (χ3n) is 3.93. The van der Waals surface area contributed by atoms with Crippen LogP contribution in [0.3, 0.4) is 0 Å². The molecule has 0 aromatic carbocycles. The van der Waals surface area contributed by atoms with E-state index in [1.165, 1.54) is 11.3 Å². The Hall–Kier alpha value is -3.65. The van der Waals surface area contributed by atoms with E-state index in [4.69, 9.17) is 4.74 Å². The Balaban J connectivity index is 1.58. The maximum atomic E-state index is 12.8. The van der Waals surface area contributed by atoms with E-state index in [2.05, 4.69) is 25.3 Å². The lowest BCUT2D eigenvalue weighted by molar-refractivity contribution is 0.102. The molecule has 4 aromatic rings. The molecule has 0 aliphatic carbocycles. The molecule has 8 heteroatoms. The molecular formula is C20H15N5O2S. The number of pyridine rings is 3. The molecule has 1 amide bonds. The maximum Gasteiger partial charge on any atom is 0.259 e. The van der Waals surface area contributed by atoms with Crippen molar-refractivity contribution >= 4 is 22.4 Å². The first-order valence-electron chi connectivity index (χ1n) is 8.38. The lowest BCUT2D eigenvalue weighted by atomic mass is 10.1. The summed E-state index contributed by atoms with van der Waals surface area (Å²) in [6.45, 7) is 0. The zero-order chi connectivity index (χ0) is 19.3. The van der Waals surface area contributed by atoms with Gasteiger partial charge in [0, 0.05) is 35.6 Å². The van der Waals surface area contributed by atoms with Gasteiger partial charge in [-0.05, 0) is 30.3 Å². The van der Waals surface area contributed by atoms with Crippen molar-refractivity contribution in [3.63, 3.8) is 0 Å². The van der Waals surface area contributed by atoms with Gasteiger partial charge in [-0.3, -0.25) is 20.1 Å². The summed E-state index contributed by atoms with van der Waals surface area (Å²) in [5.41, 5.74) is 3.22. The second kappa shape index (κ2) is 7.93. The van der Waals surface area contributed by atoms with Crippen LogP contribution >= 0.6 is 11.3 Å². The molecule has 0 fully saturated rings. The Bertz CT molecular complexity index is 1110. The summed E-state index contributed by atoms with van der Waals surface area (Å²) in [5.74, 6) is 0.229. The van der Waals surface area contributed by atoms with Gasteiger partial charge < -0.3 is 4.74 Å². The van der Waals surface area contributed by atoms with E-state index in [1.807, 2.05) is 29.6 Å². The molecule has 4 heterocycles. The Kier molecular flexibility index (Phi) is 5.03. The fourth-order valence-electron chi connectivity index (χ4n) is 2.61. The van der Waals surface area contributed by atoms with Crippen LogP contribution in [0.2, 0.25) is 0 Å². The normalized spacial score (nSPS) is 10.5. The number of anilines is 1. The molecule has 0 unspecified atom stereocenters. The number of nitrogens with one attached hydrogen (secondary N) is 1. The molecular weight excluding hydrogens is 374 g/mol. The average Bonchev–Trinajstić information content (AvgIpc) is 3.23. The molecule has 0 saturated heterocycles. The van der Waals surface area contributed by atoms with Crippen molar-refractivity contribution < 1.29 is 9.53 Å². The van der Waals surface area contributed by atoms with Crippen molar-refractivity contribution in [2.24, 2.45) is 0 Å². The standard InChI is InChI=1S/C20H15N5O2S/c1-27-17-6-2-5-15(23-17)16-12-28-20(24-16)25-19(26)14-4-3-9-22-18(14)13-7-10-21-11-8-13/h2-12H,1H3,(H,24,25,26). The van der Waals surface area contributed by atoms with Crippen molar-refractivity contribution in [3.05, 3.63) is 72.0 Å². The highest BCUT2D eigenvalue weighted by Gasteiger charge is 2.16. The lowest BCUT2D eigenvalue weighted by Crippen LogP contribution is -2.13. The molecule has 0 spiro atoms. The fourth-order valence-corrected chi connectivity index (χ4v) is 3.31. The molecule has 4 rings (SSSR count). The number of hydrogen-bond donors (Lipinski definition) is 1. The highest BCUT2D eigenvalue weighted by Crippen LogP contribution is 2.26. The van der Waals surface area contributed by atoms with Gasteiger partial charge >= 0.3 is 0 Å². The minimum atomic E-state index is -0.278. The summed E-state index contributed by atoms with van der Waals surface area (Å²) in [4.78, 5) is 30.0. The lowest BCUT2D eigenvalue weighted by Gasteiger charge is -2.07. The van der Waals surface area contributed by atoms with Gasteiger partial charge in [0.2, 0.25) is 5.88 Å². The summed E-state index contributed by atoms with van der Waals surface area (Å²) in [5, 5.41) is 5.16. The first kappa shape index (κ1) is 17.7. The van der Waals surface area contributed by atoms with Crippen LogP contribution in [0.4, 0.5) is 5.13 Å². The van der Waals surface area contributed by atoms with Gasteiger partial charge in [0.25, 0.3) is 5.91 Å². The van der Waals surface area contributed by atoms with E-state index < -0.39 is 0 Å². The van der Waals surface area contributed by atoms with E-state index in [0.29, 0.717) is 33.7 Å². The van der Waals surface area contributed by atoms with Gasteiger partial charge in [-0.1, -0.05) is 6.07 Å². The summed E-state index contributed by atoms with van der Waals surface area (Å²) in [6.07, 6.45) is 4.99. The molecule has 138 valence electrons. The SMILES string of the molecule is COc1cccc(-c2csc(NC(=O)c3cccnc3-c3ccncc3)n2)n1. The quantitative estimate of drug-likeness (QED) is 0.556. The molecule has 0 bridgehead atoms. The van der Waals surface area contributed by atoms with Crippen molar-refractivity contribution in [1.82, 2.24) is 19.9 Å². The summed E-state index contributed by atoms with van der Waals surface area (Å²) < 4.78 is 5.14. The number of carbonyl (C=O) groups excluding carboxylic acids is 1. The molecule has 0 aliphatic rings. The van der Waals surface area contributed by atoms with Gasteiger partial charge in [-0.25, -0.2) is 9.97 Å². The molecule has 28 heavy (non-hydrogen) atoms. The zero-order valence-electron chi connectivity index (χ0n) is 14.9. The van der Waals surface area contributed by atoms with Crippen molar-refractivity contribution in [3.8, 4) is 28.5 Å². The van der Waals surface area contributed by atoms with E-state index >= 15 is 0 Å². The highest BCUT2D eigenvalue weighted by molar-refractivity contribution is 7.14. The van der Waals surface area contributed by atoms with E-state index in [9.17, 15) is 4.79 Å². The van der Waals surface area contributed by atoms with Crippen molar-refractivity contribution in [2.75, 3.05) is 12.4 Å². The van der Waals surface area contributed by atoms with Crippen molar-refractivity contribution in [2.45, 2.75) is 0 Å². The van der Waals surface area contributed by atoms with Gasteiger partial charge in [-0.2, -0.15) is 0 Å². The third kappa shape index (κ3) is 3.72. The van der Waals surface area contributed by atoms with E-state index in [-0.39, 0.29) is 5.91 Å². The Morgan fingerprint density at radius 3 is 2.68 bits per heavy atom. The number of ether oxygens (including phenoxy) is 1. The van der Waals surface area contributed by atoms with E-state index in [0.717, 1.165) is 5.56 Å². The third-order valence-corrected chi connectivity index (χ3v) is 4.68. The molecule has 0 atom stereocenters. The van der Waals surface area contributed by atoms with Gasteiger partial charge in [0.15, 0.2) is 5.13 Å². The second-order valence-electron chi connectivity index (χ2n) is 5.69. The van der Waals surface area contributed by atoms with Gasteiger partial charge in [0.05, 0.1) is 24.1 Å². The number of hydrogen-bond acceptors (Lipinski definition) is 7. The number of rotatable bonds is 5. The minimum Gasteiger partial charge on any atom is -0.481 e.